The van der Waals surface area contributed by atoms with Crippen LogP contribution in [0.4, 0.5) is 10.5 Å². The first-order valence-electron chi connectivity index (χ1n) is 14.7. The molecular formula is C34H41N3O7. The molecule has 0 saturated heterocycles. The fourth-order valence-electron chi connectivity index (χ4n) is 5.09. The molecule has 0 heterocycles. The van der Waals surface area contributed by atoms with E-state index < -0.39 is 35.6 Å². The first-order chi connectivity index (χ1) is 20.9. The number of carbonyl (C=O) groups is 3. The number of nitrogens with zero attached hydrogens (tertiary/aromatic N) is 1. The van der Waals surface area contributed by atoms with Gasteiger partial charge < -0.3 is 35.2 Å². The number of methoxy groups -OCH3 is 1. The van der Waals surface area contributed by atoms with Crippen molar-refractivity contribution in [2.75, 3.05) is 12.4 Å². The zero-order chi connectivity index (χ0) is 32.0. The first-order valence-corrected chi connectivity index (χ1v) is 14.7. The Labute approximate surface area is 258 Å². The van der Waals surface area contributed by atoms with E-state index in [-0.39, 0.29) is 29.5 Å². The van der Waals surface area contributed by atoms with Crippen molar-refractivity contribution in [1.29, 1.82) is 0 Å². The molecule has 1 aliphatic carbocycles. The number of anilines is 1. The van der Waals surface area contributed by atoms with Crippen LogP contribution in [0.5, 0.6) is 17.2 Å². The largest absolute Gasteiger partial charge is 0.508 e. The number of hydrogen-bond donors (Lipinski definition) is 4. The van der Waals surface area contributed by atoms with Crippen LogP contribution >= 0.6 is 0 Å². The standard InChI is InChI=1S/C34H41N3O7/c1-21-8-6-11-27(30(21)39)29(31(40)35-23-14-18-26(43-5)19-15-23)37(24-9-7-10-24)32(41)28(36-33(42)44-34(2,3)4)20-22-12-16-25(38)17-13-22/h6,8,11-19,24,28-29,38-39H,7,9-10,20H2,1-5H3,(H,35,40)(H,36,42). The second kappa shape index (κ2) is 13.7. The molecule has 3 amide bonds. The molecule has 0 aliphatic heterocycles. The Kier molecular flexibility index (Phi) is 10.0. The summed E-state index contributed by atoms with van der Waals surface area (Å²) in [4.78, 5) is 43.3. The Bertz CT molecular complexity index is 1460. The van der Waals surface area contributed by atoms with Crippen LogP contribution in [0.3, 0.4) is 0 Å². The lowest BCUT2D eigenvalue weighted by molar-refractivity contribution is -0.145. The molecule has 0 bridgehead atoms. The molecule has 10 nitrogen and oxygen atoms in total. The third kappa shape index (κ3) is 8.00. The number of nitrogens with one attached hydrogen (secondary N) is 2. The highest BCUT2D eigenvalue weighted by atomic mass is 16.6. The van der Waals surface area contributed by atoms with Gasteiger partial charge >= 0.3 is 6.09 Å². The second-order valence-corrected chi connectivity index (χ2v) is 12.0. The maximum absolute atomic E-state index is 14.6. The van der Waals surface area contributed by atoms with E-state index in [1.165, 1.54) is 17.0 Å². The quantitative estimate of drug-likeness (QED) is 0.236. The van der Waals surface area contributed by atoms with Crippen LogP contribution in [0.15, 0.2) is 66.7 Å². The minimum Gasteiger partial charge on any atom is -0.508 e. The summed E-state index contributed by atoms with van der Waals surface area (Å²) >= 11 is 0. The normalized spacial score (nSPS) is 14.5. The van der Waals surface area contributed by atoms with E-state index in [9.17, 15) is 24.6 Å². The van der Waals surface area contributed by atoms with Crippen LogP contribution in [0.1, 0.15) is 62.8 Å². The molecule has 0 aromatic heterocycles. The monoisotopic (exact) mass is 603 g/mol. The fraction of sp³-hybridized carbons (Fsp3) is 0.382. The number of ether oxygens (including phenoxy) is 2. The molecule has 2 atom stereocenters. The highest BCUT2D eigenvalue weighted by Crippen LogP contribution is 2.38. The summed E-state index contributed by atoms with van der Waals surface area (Å²) in [6, 6.07) is 15.6. The van der Waals surface area contributed by atoms with Crippen molar-refractivity contribution < 1.29 is 34.1 Å². The summed E-state index contributed by atoms with van der Waals surface area (Å²) in [5, 5.41) is 26.6. The van der Waals surface area contributed by atoms with Gasteiger partial charge in [0, 0.05) is 23.7 Å². The molecule has 10 heteroatoms. The minimum atomic E-state index is -1.21. The van der Waals surface area contributed by atoms with Crippen molar-refractivity contribution in [1.82, 2.24) is 10.2 Å². The van der Waals surface area contributed by atoms with Crippen LogP contribution in [0.25, 0.3) is 0 Å². The number of para-hydroxylation sites is 1. The van der Waals surface area contributed by atoms with Gasteiger partial charge in [-0.1, -0.05) is 30.3 Å². The summed E-state index contributed by atoms with van der Waals surface area (Å²) in [7, 11) is 1.55. The fourth-order valence-corrected chi connectivity index (χ4v) is 5.09. The highest BCUT2D eigenvalue weighted by molar-refractivity contribution is 5.99. The van der Waals surface area contributed by atoms with Gasteiger partial charge in [-0.25, -0.2) is 4.79 Å². The molecule has 4 rings (SSSR count). The van der Waals surface area contributed by atoms with Gasteiger partial charge in [-0.05, 0) is 94.5 Å². The third-order valence-corrected chi connectivity index (χ3v) is 7.54. The molecule has 1 saturated carbocycles. The summed E-state index contributed by atoms with van der Waals surface area (Å²) < 4.78 is 10.7. The van der Waals surface area contributed by atoms with E-state index >= 15 is 0 Å². The van der Waals surface area contributed by atoms with E-state index in [2.05, 4.69) is 10.6 Å². The van der Waals surface area contributed by atoms with Crippen LogP contribution in [0.2, 0.25) is 0 Å². The smallest absolute Gasteiger partial charge is 0.408 e. The van der Waals surface area contributed by atoms with E-state index in [0.29, 0.717) is 35.4 Å². The van der Waals surface area contributed by atoms with E-state index in [1.807, 2.05) is 0 Å². The van der Waals surface area contributed by atoms with Crippen LogP contribution < -0.4 is 15.4 Å². The number of aromatic hydroxyl groups is 2. The number of amides is 3. The number of hydrogen-bond acceptors (Lipinski definition) is 7. The summed E-state index contributed by atoms with van der Waals surface area (Å²) in [5.41, 5.74) is 1.19. The molecule has 3 aromatic rings. The SMILES string of the molecule is COc1ccc(NC(=O)C(c2cccc(C)c2O)N(C(=O)C(Cc2ccc(O)cc2)NC(=O)OC(C)(C)C)C2CCC2)cc1. The topological polar surface area (TPSA) is 137 Å². The molecule has 1 fully saturated rings. The number of phenols is 2. The number of rotatable bonds is 10. The van der Waals surface area contributed by atoms with Crippen LogP contribution in [0, 0.1) is 6.92 Å². The predicted molar refractivity (Wildman–Crippen MR) is 167 cm³/mol. The number of benzene rings is 3. The lowest BCUT2D eigenvalue weighted by Gasteiger charge is -2.43. The molecule has 0 spiro atoms. The molecule has 3 aromatic carbocycles. The Hall–Kier alpha value is -4.73. The molecule has 0 radical (unpaired) electrons. The van der Waals surface area contributed by atoms with E-state index in [4.69, 9.17) is 9.47 Å². The summed E-state index contributed by atoms with van der Waals surface area (Å²) in [6.45, 7) is 6.91. The van der Waals surface area contributed by atoms with Crippen LogP contribution in [-0.2, 0) is 20.7 Å². The van der Waals surface area contributed by atoms with Gasteiger partial charge in [-0.2, -0.15) is 0 Å². The first kappa shape index (κ1) is 32.2. The van der Waals surface area contributed by atoms with Gasteiger partial charge in [0.15, 0.2) is 0 Å². The Morgan fingerprint density at radius 2 is 1.64 bits per heavy atom. The van der Waals surface area contributed by atoms with Crippen molar-refractivity contribution in [2.24, 2.45) is 0 Å². The summed E-state index contributed by atoms with van der Waals surface area (Å²) in [5.74, 6) is -0.415. The second-order valence-electron chi connectivity index (χ2n) is 12.0. The molecule has 44 heavy (non-hydrogen) atoms. The van der Waals surface area contributed by atoms with Crippen molar-refractivity contribution in [3.8, 4) is 17.2 Å². The molecule has 2 unspecified atom stereocenters. The van der Waals surface area contributed by atoms with Crippen LogP contribution in [-0.4, -0.2) is 57.8 Å². The molecule has 4 N–H and O–H groups in total. The minimum absolute atomic E-state index is 0.0676. The van der Waals surface area contributed by atoms with Crippen molar-refractivity contribution in [3.05, 3.63) is 83.4 Å². The van der Waals surface area contributed by atoms with E-state index in [0.717, 1.165) is 6.42 Å². The number of phenolic OH excluding ortho intramolecular Hbond substituents is 2. The van der Waals surface area contributed by atoms with Gasteiger partial charge in [0.25, 0.3) is 5.91 Å². The van der Waals surface area contributed by atoms with Gasteiger partial charge in [0.2, 0.25) is 5.91 Å². The lowest BCUT2D eigenvalue weighted by atomic mass is 9.87. The number of carbonyl (C=O) groups excluding carboxylic acids is 3. The molecule has 234 valence electrons. The number of alkyl carbamates (subject to hydrolysis) is 1. The zero-order valence-corrected chi connectivity index (χ0v) is 25.8. The number of aryl methyl sites for hydroxylation is 1. The van der Waals surface area contributed by atoms with Crippen molar-refractivity contribution >= 4 is 23.6 Å². The van der Waals surface area contributed by atoms with E-state index in [1.54, 1.807) is 89.4 Å². The highest BCUT2D eigenvalue weighted by Gasteiger charge is 2.43. The van der Waals surface area contributed by atoms with Crippen molar-refractivity contribution in [2.45, 2.75) is 77.1 Å². The van der Waals surface area contributed by atoms with Crippen molar-refractivity contribution in [3.63, 3.8) is 0 Å². The van der Waals surface area contributed by atoms with Gasteiger partial charge in [0.05, 0.1) is 7.11 Å². The lowest BCUT2D eigenvalue weighted by Crippen LogP contribution is -2.57. The van der Waals surface area contributed by atoms with Gasteiger partial charge in [-0.3, -0.25) is 9.59 Å². The maximum atomic E-state index is 14.6. The molecule has 1 aliphatic rings. The average molecular weight is 604 g/mol. The predicted octanol–water partition coefficient (Wildman–Crippen LogP) is 5.61. The Balaban J connectivity index is 1.77. The average Bonchev–Trinajstić information content (AvgIpc) is 2.93. The Morgan fingerprint density at radius 3 is 2.20 bits per heavy atom. The molecular weight excluding hydrogens is 562 g/mol. The summed E-state index contributed by atoms with van der Waals surface area (Å²) in [6.07, 6.45) is 1.48. The van der Waals surface area contributed by atoms with Gasteiger partial charge in [-0.15, -0.1) is 0 Å². The van der Waals surface area contributed by atoms with Gasteiger partial charge in [0.1, 0.15) is 34.9 Å². The maximum Gasteiger partial charge on any atom is 0.408 e. The third-order valence-electron chi connectivity index (χ3n) is 7.54. The Morgan fingerprint density at radius 1 is 0.977 bits per heavy atom. The zero-order valence-electron chi connectivity index (χ0n) is 25.8.